The zero-order valence-electron chi connectivity index (χ0n) is 9.04. The number of hydrogen-bond acceptors (Lipinski definition) is 3. The fourth-order valence-corrected chi connectivity index (χ4v) is 2.77. The SMILES string of the molecule is O=C1CNC(=O)N1C[C@]12OCCC[C@H]1C2(F)F. The Morgan fingerprint density at radius 2 is 2.24 bits per heavy atom. The molecular weight excluding hydrogens is 234 g/mol. The van der Waals surface area contributed by atoms with Crippen LogP contribution in [0.25, 0.3) is 0 Å². The van der Waals surface area contributed by atoms with Gasteiger partial charge in [0.15, 0.2) is 5.60 Å². The van der Waals surface area contributed by atoms with Crippen molar-refractivity contribution in [2.24, 2.45) is 5.92 Å². The second-order valence-electron chi connectivity index (χ2n) is 4.69. The number of nitrogens with zero attached hydrogens (tertiary/aromatic N) is 1. The maximum atomic E-state index is 13.7. The third-order valence-electron chi connectivity index (χ3n) is 3.81. The van der Waals surface area contributed by atoms with Crippen LogP contribution in [0.15, 0.2) is 0 Å². The summed E-state index contributed by atoms with van der Waals surface area (Å²) >= 11 is 0. The Labute approximate surface area is 96.1 Å². The van der Waals surface area contributed by atoms with Crippen LogP contribution >= 0.6 is 0 Å². The summed E-state index contributed by atoms with van der Waals surface area (Å²) in [4.78, 5) is 23.5. The first-order valence-corrected chi connectivity index (χ1v) is 5.59. The lowest BCUT2D eigenvalue weighted by molar-refractivity contribution is -0.129. The molecule has 3 aliphatic rings. The van der Waals surface area contributed by atoms with Crippen LogP contribution in [0, 0.1) is 5.92 Å². The first-order chi connectivity index (χ1) is 7.99. The van der Waals surface area contributed by atoms with Gasteiger partial charge in [0.05, 0.1) is 19.0 Å². The fraction of sp³-hybridized carbons (Fsp3) is 0.800. The highest BCUT2D eigenvalue weighted by molar-refractivity contribution is 6.02. The van der Waals surface area contributed by atoms with Gasteiger partial charge in [0.2, 0.25) is 5.91 Å². The van der Waals surface area contributed by atoms with Crippen LogP contribution in [-0.2, 0) is 9.53 Å². The van der Waals surface area contributed by atoms with Crippen LogP contribution in [0.1, 0.15) is 12.8 Å². The van der Waals surface area contributed by atoms with Crippen molar-refractivity contribution in [2.45, 2.75) is 24.4 Å². The van der Waals surface area contributed by atoms with E-state index in [1.807, 2.05) is 0 Å². The van der Waals surface area contributed by atoms with E-state index in [0.717, 1.165) is 4.90 Å². The van der Waals surface area contributed by atoms with E-state index in [-0.39, 0.29) is 19.7 Å². The maximum Gasteiger partial charge on any atom is 0.324 e. The van der Waals surface area contributed by atoms with E-state index < -0.39 is 29.4 Å². The monoisotopic (exact) mass is 246 g/mol. The first kappa shape index (κ1) is 10.9. The molecule has 1 N–H and O–H groups in total. The molecule has 5 nitrogen and oxygen atoms in total. The smallest absolute Gasteiger partial charge is 0.324 e. The lowest BCUT2D eigenvalue weighted by Gasteiger charge is -2.25. The summed E-state index contributed by atoms with van der Waals surface area (Å²) in [5.74, 6) is -4.25. The minimum atomic E-state index is -2.92. The number of amides is 3. The molecule has 0 bridgehead atoms. The maximum absolute atomic E-state index is 13.7. The number of fused-ring (bicyclic) bond motifs is 1. The standard InChI is InChI=1S/C10H12F2N2O3/c11-10(12)6-2-1-3-17-9(6,10)5-14-7(15)4-13-8(14)16/h6H,1-5H2,(H,13,16)/t6-,9+/m1/s1. The fourth-order valence-electron chi connectivity index (χ4n) is 2.77. The topological polar surface area (TPSA) is 58.6 Å². The summed E-state index contributed by atoms with van der Waals surface area (Å²) in [6, 6.07) is -0.611. The van der Waals surface area contributed by atoms with Gasteiger partial charge in [0, 0.05) is 6.61 Å². The zero-order valence-corrected chi connectivity index (χ0v) is 9.04. The molecule has 3 fully saturated rings. The number of ether oxygens (including phenoxy) is 1. The third kappa shape index (κ3) is 1.25. The highest BCUT2D eigenvalue weighted by Gasteiger charge is 2.83. The average Bonchev–Trinajstić information content (AvgIpc) is 2.63. The van der Waals surface area contributed by atoms with Crippen molar-refractivity contribution >= 4 is 11.9 Å². The van der Waals surface area contributed by atoms with Crippen molar-refractivity contribution in [1.29, 1.82) is 0 Å². The Bertz CT molecular complexity index is 385. The molecule has 0 spiro atoms. The molecular formula is C10H12F2N2O3. The number of rotatable bonds is 2. The number of hydrogen-bond donors (Lipinski definition) is 1. The number of carbonyl (C=O) groups is 2. The zero-order chi connectivity index (χ0) is 12.3. The van der Waals surface area contributed by atoms with Gasteiger partial charge in [-0.2, -0.15) is 0 Å². The summed E-state index contributed by atoms with van der Waals surface area (Å²) < 4.78 is 32.5. The number of urea groups is 1. The van der Waals surface area contributed by atoms with E-state index in [1.54, 1.807) is 0 Å². The van der Waals surface area contributed by atoms with E-state index in [4.69, 9.17) is 4.74 Å². The Balaban J connectivity index is 1.81. The Hall–Kier alpha value is -1.24. The van der Waals surface area contributed by atoms with Gasteiger partial charge in [-0.05, 0) is 12.8 Å². The molecule has 0 unspecified atom stereocenters. The molecule has 0 radical (unpaired) electrons. The Morgan fingerprint density at radius 3 is 2.82 bits per heavy atom. The van der Waals surface area contributed by atoms with E-state index in [9.17, 15) is 18.4 Å². The molecule has 94 valence electrons. The van der Waals surface area contributed by atoms with Gasteiger partial charge >= 0.3 is 6.03 Å². The number of halogens is 2. The average molecular weight is 246 g/mol. The minimum Gasteiger partial charge on any atom is -0.366 e. The first-order valence-electron chi connectivity index (χ1n) is 5.59. The van der Waals surface area contributed by atoms with Gasteiger partial charge in [-0.15, -0.1) is 0 Å². The van der Waals surface area contributed by atoms with E-state index >= 15 is 0 Å². The van der Waals surface area contributed by atoms with Gasteiger partial charge in [-0.1, -0.05) is 0 Å². The summed E-state index contributed by atoms with van der Waals surface area (Å²) in [5.41, 5.74) is -1.62. The number of carbonyl (C=O) groups excluding carboxylic acids is 2. The molecule has 3 amide bonds. The summed E-state index contributed by atoms with van der Waals surface area (Å²) in [6.45, 7) is -0.198. The van der Waals surface area contributed by atoms with Crippen LogP contribution in [0.5, 0.6) is 0 Å². The third-order valence-corrected chi connectivity index (χ3v) is 3.81. The predicted octanol–water partition coefficient (Wildman–Crippen LogP) is 0.352. The van der Waals surface area contributed by atoms with E-state index in [0.29, 0.717) is 12.8 Å². The molecule has 0 aromatic carbocycles. The lowest BCUT2D eigenvalue weighted by Crippen LogP contribution is -2.44. The molecule has 17 heavy (non-hydrogen) atoms. The quantitative estimate of drug-likeness (QED) is 0.715. The van der Waals surface area contributed by atoms with Crippen molar-refractivity contribution in [2.75, 3.05) is 19.7 Å². The number of imide groups is 1. The highest BCUT2D eigenvalue weighted by atomic mass is 19.3. The Morgan fingerprint density at radius 1 is 1.47 bits per heavy atom. The minimum absolute atomic E-state index is 0.120. The van der Waals surface area contributed by atoms with Gasteiger partial charge in [-0.25, -0.2) is 13.6 Å². The van der Waals surface area contributed by atoms with Crippen LogP contribution in [0.3, 0.4) is 0 Å². The second-order valence-corrected chi connectivity index (χ2v) is 4.69. The van der Waals surface area contributed by atoms with Crippen molar-refractivity contribution < 1.29 is 23.1 Å². The Kier molecular flexibility index (Phi) is 2.02. The summed E-state index contributed by atoms with van der Waals surface area (Å²) in [6.07, 6.45) is 0.985. The molecule has 2 atom stereocenters. The van der Waals surface area contributed by atoms with Crippen LogP contribution in [0.2, 0.25) is 0 Å². The molecule has 0 aromatic heterocycles. The van der Waals surface area contributed by atoms with E-state index in [1.165, 1.54) is 0 Å². The molecule has 2 heterocycles. The van der Waals surface area contributed by atoms with Crippen molar-refractivity contribution in [3.63, 3.8) is 0 Å². The summed E-state index contributed by atoms with van der Waals surface area (Å²) in [7, 11) is 0. The van der Waals surface area contributed by atoms with Crippen molar-refractivity contribution in [3.05, 3.63) is 0 Å². The van der Waals surface area contributed by atoms with Gasteiger partial charge in [-0.3, -0.25) is 9.69 Å². The largest absolute Gasteiger partial charge is 0.366 e. The molecule has 7 heteroatoms. The van der Waals surface area contributed by atoms with Crippen LogP contribution < -0.4 is 5.32 Å². The molecule has 2 saturated heterocycles. The van der Waals surface area contributed by atoms with E-state index in [2.05, 4.69) is 5.32 Å². The molecule has 2 aliphatic heterocycles. The van der Waals surface area contributed by atoms with Crippen molar-refractivity contribution in [1.82, 2.24) is 10.2 Å². The van der Waals surface area contributed by atoms with Gasteiger partial charge < -0.3 is 10.1 Å². The molecule has 1 saturated carbocycles. The normalized spacial score (nSPS) is 38.9. The predicted molar refractivity (Wildman–Crippen MR) is 51.5 cm³/mol. The van der Waals surface area contributed by atoms with Gasteiger partial charge in [0.25, 0.3) is 5.92 Å². The molecule has 3 rings (SSSR count). The molecule has 1 aliphatic carbocycles. The molecule has 0 aromatic rings. The van der Waals surface area contributed by atoms with Crippen molar-refractivity contribution in [3.8, 4) is 0 Å². The highest BCUT2D eigenvalue weighted by Crippen LogP contribution is 2.65. The summed E-state index contributed by atoms with van der Waals surface area (Å²) in [5, 5.41) is 2.31. The van der Waals surface area contributed by atoms with Crippen LogP contribution in [-0.4, -0.2) is 48.1 Å². The number of nitrogens with one attached hydrogen (secondary N) is 1. The number of alkyl halides is 2. The second kappa shape index (κ2) is 3.16. The lowest BCUT2D eigenvalue weighted by atomic mass is 10.1. The van der Waals surface area contributed by atoms with Crippen LogP contribution in [0.4, 0.5) is 13.6 Å². The van der Waals surface area contributed by atoms with Gasteiger partial charge in [0.1, 0.15) is 0 Å².